The van der Waals surface area contributed by atoms with Gasteiger partial charge in [-0.3, -0.25) is 0 Å². The molecule has 0 radical (unpaired) electrons. The molecule has 0 aliphatic heterocycles. The van der Waals surface area contributed by atoms with Gasteiger partial charge < -0.3 is 9.52 Å². The summed E-state index contributed by atoms with van der Waals surface area (Å²) in [4.78, 5) is 12.0. The van der Waals surface area contributed by atoms with Crippen LogP contribution in [0.2, 0.25) is 0 Å². The maximum absolute atomic E-state index is 12.0. The topological polar surface area (TPSA) is 50.4 Å². The van der Waals surface area contributed by atoms with Crippen molar-refractivity contribution in [2.75, 3.05) is 0 Å². The van der Waals surface area contributed by atoms with E-state index >= 15 is 0 Å². The minimum Gasteiger partial charge on any atom is -0.508 e. The van der Waals surface area contributed by atoms with Crippen LogP contribution in [0.25, 0.3) is 11.0 Å². The lowest BCUT2D eigenvalue weighted by atomic mass is 9.85. The molecule has 0 saturated heterocycles. The lowest BCUT2D eigenvalue weighted by Gasteiger charge is -2.23. The van der Waals surface area contributed by atoms with Crippen LogP contribution in [0.1, 0.15) is 83.6 Å². The molecule has 2 unspecified atom stereocenters. The largest absolute Gasteiger partial charge is 0.508 e. The Labute approximate surface area is 179 Å². The Bertz CT molecular complexity index is 826. The fraction of sp³-hybridized carbons (Fsp3) is 0.640. The zero-order chi connectivity index (χ0) is 20.6. The van der Waals surface area contributed by atoms with Crippen LogP contribution in [-0.2, 0) is 5.75 Å². The third-order valence-corrected chi connectivity index (χ3v) is 7.85. The fourth-order valence-electron chi connectivity index (χ4n) is 4.58. The number of rotatable bonds is 4. The van der Waals surface area contributed by atoms with Crippen molar-refractivity contribution in [1.82, 2.24) is 0 Å². The summed E-state index contributed by atoms with van der Waals surface area (Å²) in [6.45, 7) is 4.76. The van der Waals surface area contributed by atoms with Crippen LogP contribution in [0.5, 0.6) is 5.75 Å². The highest BCUT2D eigenvalue weighted by atomic mass is 32.2. The van der Waals surface area contributed by atoms with Gasteiger partial charge in [0.2, 0.25) is 0 Å². The molecule has 2 aromatic rings. The van der Waals surface area contributed by atoms with Gasteiger partial charge in [0.05, 0.1) is 0 Å². The fourth-order valence-corrected chi connectivity index (χ4v) is 5.90. The van der Waals surface area contributed by atoms with Crippen molar-refractivity contribution in [3.05, 3.63) is 40.2 Å². The lowest BCUT2D eigenvalue weighted by Crippen LogP contribution is -2.12. The number of phenols is 1. The second-order valence-electron chi connectivity index (χ2n) is 8.98. The highest BCUT2D eigenvalue weighted by Gasteiger charge is 2.17. The molecule has 29 heavy (non-hydrogen) atoms. The molecular weight excluding hydrogens is 380 g/mol. The molecule has 0 spiro atoms. The maximum atomic E-state index is 12.0. The van der Waals surface area contributed by atoms with Gasteiger partial charge in [0.1, 0.15) is 11.3 Å². The molecule has 1 aliphatic carbocycles. The summed E-state index contributed by atoms with van der Waals surface area (Å²) in [5.41, 5.74) is 1.16. The van der Waals surface area contributed by atoms with E-state index in [-0.39, 0.29) is 11.4 Å². The van der Waals surface area contributed by atoms with Gasteiger partial charge in [0.25, 0.3) is 0 Å². The van der Waals surface area contributed by atoms with Gasteiger partial charge in [-0.15, -0.1) is 0 Å². The minimum absolute atomic E-state index is 0.129. The van der Waals surface area contributed by atoms with Crippen molar-refractivity contribution in [3.8, 4) is 5.75 Å². The first-order chi connectivity index (χ1) is 14.0. The summed E-state index contributed by atoms with van der Waals surface area (Å²) < 4.78 is 5.28. The van der Waals surface area contributed by atoms with E-state index in [1.54, 1.807) is 12.1 Å². The summed E-state index contributed by atoms with van der Waals surface area (Å²) in [7, 11) is 0. The first-order valence-electron chi connectivity index (χ1n) is 11.4. The van der Waals surface area contributed by atoms with E-state index in [0.717, 1.165) is 28.5 Å². The summed E-state index contributed by atoms with van der Waals surface area (Å²) in [6, 6.07) is 6.68. The van der Waals surface area contributed by atoms with E-state index in [2.05, 4.69) is 13.8 Å². The van der Waals surface area contributed by atoms with Gasteiger partial charge in [0.15, 0.2) is 0 Å². The highest BCUT2D eigenvalue weighted by molar-refractivity contribution is 7.99. The van der Waals surface area contributed by atoms with Crippen molar-refractivity contribution >= 4 is 22.7 Å². The molecule has 1 N–H and O–H groups in total. The highest BCUT2D eigenvalue weighted by Crippen LogP contribution is 2.32. The molecule has 1 aromatic heterocycles. The van der Waals surface area contributed by atoms with Crippen molar-refractivity contribution in [1.29, 1.82) is 0 Å². The van der Waals surface area contributed by atoms with Crippen LogP contribution in [0.4, 0.5) is 0 Å². The first-order valence-corrected chi connectivity index (χ1v) is 12.4. The number of aromatic hydroxyl groups is 1. The lowest BCUT2D eigenvalue weighted by molar-refractivity contribution is 0.310. The maximum Gasteiger partial charge on any atom is 0.336 e. The molecule has 3 rings (SSSR count). The van der Waals surface area contributed by atoms with Gasteiger partial charge >= 0.3 is 5.63 Å². The Balaban J connectivity index is 1.66. The predicted octanol–water partition coefficient (Wildman–Crippen LogP) is 7.29. The molecule has 4 heteroatoms. The van der Waals surface area contributed by atoms with Crippen LogP contribution in [0, 0.1) is 11.8 Å². The van der Waals surface area contributed by atoms with Crippen LogP contribution in [-0.4, -0.2) is 10.4 Å². The standard InChI is InChI=1S/C25H36O3S/c1-18(2)19-9-6-4-3-5-7-11-22(12-8-10-19)29-17-20-15-25(27)28-24-16-21(26)13-14-23(20)24/h13-16,18-19,22,26H,3-12,17H2,1-2H3. The molecule has 1 heterocycles. The molecule has 1 saturated carbocycles. The molecule has 3 nitrogen and oxygen atoms in total. The van der Waals surface area contributed by atoms with Crippen LogP contribution in [0.15, 0.2) is 33.5 Å². The predicted molar refractivity (Wildman–Crippen MR) is 124 cm³/mol. The van der Waals surface area contributed by atoms with Gasteiger partial charge in [-0.2, -0.15) is 11.8 Å². The van der Waals surface area contributed by atoms with Gasteiger partial charge in [-0.25, -0.2) is 4.79 Å². The van der Waals surface area contributed by atoms with E-state index in [9.17, 15) is 9.90 Å². The quantitative estimate of drug-likeness (QED) is 0.532. The van der Waals surface area contributed by atoms with Gasteiger partial charge in [-0.05, 0) is 42.4 Å². The van der Waals surface area contributed by atoms with E-state index in [1.807, 2.05) is 17.8 Å². The van der Waals surface area contributed by atoms with Gasteiger partial charge in [-0.1, -0.05) is 65.2 Å². The molecule has 0 amide bonds. The van der Waals surface area contributed by atoms with Crippen LogP contribution < -0.4 is 5.63 Å². The zero-order valence-electron chi connectivity index (χ0n) is 18.0. The van der Waals surface area contributed by atoms with E-state index in [1.165, 1.54) is 70.3 Å². The molecule has 0 bridgehead atoms. The Morgan fingerprint density at radius 1 is 1.00 bits per heavy atom. The summed E-state index contributed by atoms with van der Waals surface area (Å²) in [5, 5.41) is 11.3. The molecule has 1 fully saturated rings. The Morgan fingerprint density at radius 3 is 2.48 bits per heavy atom. The number of benzene rings is 1. The molecule has 1 aromatic carbocycles. The summed E-state index contributed by atoms with van der Waals surface area (Å²) in [6.07, 6.45) is 13.4. The Morgan fingerprint density at radius 2 is 1.69 bits per heavy atom. The second kappa shape index (κ2) is 11.1. The van der Waals surface area contributed by atoms with E-state index in [0.29, 0.717) is 10.8 Å². The Hall–Kier alpha value is -1.42. The monoisotopic (exact) mass is 416 g/mol. The van der Waals surface area contributed by atoms with E-state index < -0.39 is 0 Å². The van der Waals surface area contributed by atoms with E-state index in [4.69, 9.17) is 4.42 Å². The minimum atomic E-state index is -0.336. The van der Waals surface area contributed by atoms with Crippen LogP contribution in [0.3, 0.4) is 0 Å². The summed E-state index contributed by atoms with van der Waals surface area (Å²) >= 11 is 2.00. The first kappa shape index (κ1) is 22.3. The normalized spacial score (nSPS) is 22.3. The average Bonchev–Trinajstić information content (AvgIpc) is 2.66. The van der Waals surface area contributed by atoms with Crippen molar-refractivity contribution in [3.63, 3.8) is 0 Å². The SMILES string of the molecule is CC(C)C1CCCCCCCC(SCc2cc(=O)oc3cc(O)ccc23)CCC1. The molecular formula is C25H36O3S. The second-order valence-corrected chi connectivity index (χ2v) is 10.3. The van der Waals surface area contributed by atoms with Crippen molar-refractivity contribution in [2.24, 2.45) is 11.8 Å². The van der Waals surface area contributed by atoms with Crippen molar-refractivity contribution in [2.45, 2.75) is 89.1 Å². The Kier molecular flexibility index (Phi) is 8.53. The third-order valence-electron chi connectivity index (χ3n) is 6.43. The number of phenolic OH excluding ortho intramolecular Hbond substituents is 1. The van der Waals surface area contributed by atoms with Crippen LogP contribution >= 0.6 is 11.8 Å². The van der Waals surface area contributed by atoms with Gasteiger partial charge in [0, 0.05) is 28.5 Å². The molecule has 1 aliphatic rings. The zero-order valence-corrected chi connectivity index (χ0v) is 18.8. The number of fused-ring (bicyclic) bond motifs is 1. The smallest absolute Gasteiger partial charge is 0.336 e. The number of hydrogen-bond acceptors (Lipinski definition) is 4. The number of thioether (sulfide) groups is 1. The summed E-state index contributed by atoms with van der Waals surface area (Å²) in [5.74, 6) is 2.61. The molecule has 2 atom stereocenters. The molecule has 160 valence electrons. The number of hydrogen-bond donors (Lipinski definition) is 1. The van der Waals surface area contributed by atoms with Crippen molar-refractivity contribution < 1.29 is 9.52 Å². The average molecular weight is 417 g/mol. The third kappa shape index (κ3) is 6.80.